The van der Waals surface area contributed by atoms with E-state index in [2.05, 4.69) is 44.3 Å². The van der Waals surface area contributed by atoms with Crippen molar-refractivity contribution >= 4 is 0 Å². The number of hydrogen-bond acceptors (Lipinski definition) is 3. The van der Waals surface area contributed by atoms with Crippen LogP contribution < -0.4 is 14.8 Å². The van der Waals surface area contributed by atoms with Crippen molar-refractivity contribution in [2.45, 2.75) is 77.0 Å². The molecule has 122 valence electrons. The van der Waals surface area contributed by atoms with Crippen LogP contribution in [0.4, 0.5) is 0 Å². The zero-order chi connectivity index (χ0) is 15.6. The van der Waals surface area contributed by atoms with Gasteiger partial charge in [-0.15, -0.1) is 0 Å². The third kappa shape index (κ3) is 3.24. The van der Waals surface area contributed by atoms with Crippen molar-refractivity contribution in [3.8, 4) is 11.5 Å². The Hall–Kier alpha value is -1.22. The largest absolute Gasteiger partial charge is 0.491 e. The lowest BCUT2D eigenvalue weighted by atomic mass is 9.77. The van der Waals surface area contributed by atoms with Crippen LogP contribution in [0.3, 0.4) is 0 Å². The maximum absolute atomic E-state index is 6.54. The average Bonchev–Trinajstić information content (AvgIpc) is 2.47. The molecule has 0 aromatic heterocycles. The smallest absolute Gasteiger partial charge is 0.128 e. The lowest BCUT2D eigenvalue weighted by molar-refractivity contribution is -0.00271. The first-order valence-electron chi connectivity index (χ1n) is 8.85. The van der Waals surface area contributed by atoms with Gasteiger partial charge in [0.1, 0.15) is 17.1 Å². The lowest BCUT2D eigenvalue weighted by Gasteiger charge is -2.45. The van der Waals surface area contributed by atoms with Crippen LogP contribution in [0.25, 0.3) is 0 Å². The van der Waals surface area contributed by atoms with Crippen molar-refractivity contribution in [3.63, 3.8) is 0 Å². The lowest BCUT2D eigenvalue weighted by Crippen LogP contribution is -2.45. The third-order valence-electron chi connectivity index (χ3n) is 4.85. The van der Waals surface area contributed by atoms with E-state index in [0.717, 1.165) is 24.5 Å². The molecule has 1 unspecified atom stereocenters. The Morgan fingerprint density at radius 2 is 2.05 bits per heavy atom. The van der Waals surface area contributed by atoms with Crippen LogP contribution in [0.15, 0.2) is 18.2 Å². The highest BCUT2D eigenvalue weighted by molar-refractivity contribution is 5.44. The van der Waals surface area contributed by atoms with Crippen molar-refractivity contribution in [1.82, 2.24) is 5.32 Å². The van der Waals surface area contributed by atoms with E-state index in [1.54, 1.807) is 0 Å². The van der Waals surface area contributed by atoms with Gasteiger partial charge in [-0.3, -0.25) is 0 Å². The molecule has 1 fully saturated rings. The SMILES string of the molecule is CCNC1CC2(CCCCC2)Oc2cc(OC(C)C)ccc21. The van der Waals surface area contributed by atoms with E-state index in [4.69, 9.17) is 9.47 Å². The van der Waals surface area contributed by atoms with E-state index in [1.807, 2.05) is 0 Å². The second kappa shape index (κ2) is 6.49. The first-order chi connectivity index (χ1) is 10.6. The number of rotatable bonds is 4. The van der Waals surface area contributed by atoms with E-state index < -0.39 is 0 Å². The maximum atomic E-state index is 6.54. The van der Waals surface area contributed by atoms with Crippen molar-refractivity contribution in [2.75, 3.05) is 6.54 Å². The monoisotopic (exact) mass is 303 g/mol. The van der Waals surface area contributed by atoms with Crippen LogP contribution in [0, 0.1) is 0 Å². The van der Waals surface area contributed by atoms with E-state index in [9.17, 15) is 0 Å². The molecule has 3 heteroatoms. The summed E-state index contributed by atoms with van der Waals surface area (Å²) in [5.41, 5.74) is 1.32. The summed E-state index contributed by atoms with van der Waals surface area (Å²) in [5, 5.41) is 3.65. The summed E-state index contributed by atoms with van der Waals surface area (Å²) >= 11 is 0. The number of nitrogens with one attached hydrogen (secondary N) is 1. The summed E-state index contributed by atoms with van der Waals surface area (Å²) in [4.78, 5) is 0. The van der Waals surface area contributed by atoms with E-state index in [1.165, 1.54) is 37.7 Å². The zero-order valence-corrected chi connectivity index (χ0v) is 14.2. The predicted octanol–water partition coefficient (Wildman–Crippen LogP) is 4.61. The minimum Gasteiger partial charge on any atom is -0.491 e. The molecule has 1 aromatic carbocycles. The molecule has 0 bridgehead atoms. The average molecular weight is 303 g/mol. The fourth-order valence-corrected chi connectivity index (χ4v) is 3.92. The van der Waals surface area contributed by atoms with Gasteiger partial charge in [0, 0.05) is 24.1 Å². The maximum Gasteiger partial charge on any atom is 0.128 e. The molecule has 1 aliphatic carbocycles. The van der Waals surface area contributed by atoms with Crippen molar-refractivity contribution < 1.29 is 9.47 Å². The molecule has 1 heterocycles. The molecule has 2 aliphatic rings. The Kier molecular flexibility index (Phi) is 4.62. The van der Waals surface area contributed by atoms with Crippen molar-refractivity contribution in [1.29, 1.82) is 0 Å². The van der Waals surface area contributed by atoms with Gasteiger partial charge in [0.2, 0.25) is 0 Å². The Bertz CT molecular complexity index is 506. The summed E-state index contributed by atoms with van der Waals surface area (Å²) in [5.74, 6) is 1.94. The van der Waals surface area contributed by atoms with Crippen LogP contribution in [0.1, 0.15) is 70.9 Å². The summed E-state index contributed by atoms with van der Waals surface area (Å²) < 4.78 is 12.4. The minimum atomic E-state index is 0.0363. The van der Waals surface area contributed by atoms with Gasteiger partial charge in [0.15, 0.2) is 0 Å². The third-order valence-corrected chi connectivity index (χ3v) is 4.85. The summed E-state index contributed by atoms with van der Waals surface area (Å²) in [6.07, 6.45) is 7.58. The molecular formula is C19H29NO2. The van der Waals surface area contributed by atoms with E-state index >= 15 is 0 Å². The van der Waals surface area contributed by atoms with Gasteiger partial charge in [-0.1, -0.05) is 19.4 Å². The Balaban J connectivity index is 1.90. The quantitative estimate of drug-likeness (QED) is 0.881. The molecule has 1 spiro atoms. The van der Waals surface area contributed by atoms with Gasteiger partial charge < -0.3 is 14.8 Å². The van der Waals surface area contributed by atoms with Crippen molar-refractivity contribution in [3.05, 3.63) is 23.8 Å². The molecule has 1 atom stereocenters. The molecule has 0 radical (unpaired) electrons. The number of benzene rings is 1. The number of hydrogen-bond donors (Lipinski definition) is 1. The first kappa shape index (κ1) is 15.7. The molecule has 22 heavy (non-hydrogen) atoms. The topological polar surface area (TPSA) is 30.5 Å². The standard InChI is InChI=1S/C19H29NO2/c1-4-20-17-13-19(10-6-5-7-11-19)22-18-12-15(21-14(2)3)8-9-16(17)18/h8-9,12,14,17,20H,4-7,10-11,13H2,1-3H3. The van der Waals surface area contributed by atoms with Crippen molar-refractivity contribution in [2.24, 2.45) is 0 Å². The van der Waals surface area contributed by atoms with E-state index in [-0.39, 0.29) is 11.7 Å². The zero-order valence-electron chi connectivity index (χ0n) is 14.2. The Morgan fingerprint density at radius 1 is 1.27 bits per heavy atom. The summed E-state index contributed by atoms with van der Waals surface area (Å²) in [6.45, 7) is 7.29. The summed E-state index contributed by atoms with van der Waals surface area (Å²) in [7, 11) is 0. The van der Waals surface area contributed by atoms with Crippen LogP contribution in [0.5, 0.6) is 11.5 Å². The molecule has 1 N–H and O–H groups in total. The normalized spacial score (nSPS) is 23.2. The van der Waals surface area contributed by atoms with Gasteiger partial charge in [-0.25, -0.2) is 0 Å². The highest BCUT2D eigenvalue weighted by Gasteiger charge is 2.41. The fourth-order valence-electron chi connectivity index (χ4n) is 3.92. The van der Waals surface area contributed by atoms with E-state index in [0.29, 0.717) is 6.04 Å². The molecule has 3 rings (SSSR count). The van der Waals surface area contributed by atoms with Crippen LogP contribution in [-0.4, -0.2) is 18.2 Å². The predicted molar refractivity (Wildman–Crippen MR) is 89.7 cm³/mol. The number of fused-ring (bicyclic) bond motifs is 1. The van der Waals surface area contributed by atoms with Gasteiger partial charge in [-0.2, -0.15) is 0 Å². The molecular weight excluding hydrogens is 274 g/mol. The second-order valence-electron chi connectivity index (χ2n) is 7.03. The molecule has 1 saturated carbocycles. The fraction of sp³-hybridized carbons (Fsp3) is 0.684. The second-order valence-corrected chi connectivity index (χ2v) is 7.03. The molecule has 0 saturated heterocycles. The van der Waals surface area contributed by atoms with Gasteiger partial charge in [0.25, 0.3) is 0 Å². The molecule has 3 nitrogen and oxygen atoms in total. The summed E-state index contributed by atoms with van der Waals surface area (Å²) in [6, 6.07) is 6.75. The Morgan fingerprint density at radius 3 is 2.73 bits per heavy atom. The van der Waals surface area contributed by atoms with Gasteiger partial charge >= 0.3 is 0 Å². The highest BCUT2D eigenvalue weighted by atomic mass is 16.5. The highest BCUT2D eigenvalue weighted by Crippen LogP contribution is 2.47. The Labute approximate surface area is 134 Å². The number of ether oxygens (including phenoxy) is 2. The minimum absolute atomic E-state index is 0.0363. The molecule has 1 aliphatic heterocycles. The van der Waals surface area contributed by atoms with Crippen LogP contribution in [0.2, 0.25) is 0 Å². The molecule has 1 aromatic rings. The first-order valence-corrected chi connectivity index (χ1v) is 8.85. The van der Waals surface area contributed by atoms with Gasteiger partial charge in [-0.05, 0) is 52.1 Å². The van der Waals surface area contributed by atoms with Crippen LogP contribution in [-0.2, 0) is 0 Å². The molecule has 0 amide bonds. The van der Waals surface area contributed by atoms with Crippen LogP contribution >= 0.6 is 0 Å². The van der Waals surface area contributed by atoms with Gasteiger partial charge in [0.05, 0.1) is 6.10 Å².